The lowest BCUT2D eigenvalue weighted by atomic mass is 9.84. The van der Waals surface area contributed by atoms with Crippen LogP contribution in [0.5, 0.6) is 11.5 Å². The average Bonchev–Trinajstić information content (AvgIpc) is 3.19. The molecule has 1 saturated carbocycles. The minimum absolute atomic E-state index is 0.112. The van der Waals surface area contributed by atoms with E-state index < -0.39 is 6.04 Å². The number of hydrogen-bond acceptors (Lipinski definition) is 6. The molecule has 3 fully saturated rings. The Morgan fingerprint density at radius 3 is 2.59 bits per heavy atom. The van der Waals surface area contributed by atoms with Crippen LogP contribution < -0.4 is 14.8 Å². The highest BCUT2D eigenvalue weighted by atomic mass is 16.5. The van der Waals surface area contributed by atoms with E-state index in [1.165, 1.54) is 12.0 Å². The maximum Gasteiger partial charge on any atom is 0.255 e. The van der Waals surface area contributed by atoms with E-state index in [2.05, 4.69) is 28.4 Å². The number of benzene rings is 2. The third kappa shape index (κ3) is 4.59. The van der Waals surface area contributed by atoms with Gasteiger partial charge in [0.15, 0.2) is 0 Å². The first-order valence-corrected chi connectivity index (χ1v) is 13.3. The van der Waals surface area contributed by atoms with Crippen molar-refractivity contribution in [3.05, 3.63) is 59.2 Å². The van der Waals surface area contributed by atoms with Crippen molar-refractivity contribution < 1.29 is 23.9 Å². The van der Waals surface area contributed by atoms with Crippen LogP contribution in [-0.4, -0.2) is 65.9 Å². The molecule has 2 aromatic rings. The van der Waals surface area contributed by atoms with Crippen molar-refractivity contribution in [3.8, 4) is 11.5 Å². The van der Waals surface area contributed by atoms with Gasteiger partial charge in [-0.25, -0.2) is 0 Å². The van der Waals surface area contributed by atoms with Crippen molar-refractivity contribution >= 4 is 17.7 Å². The fourth-order valence-corrected chi connectivity index (χ4v) is 6.32. The molecule has 1 aliphatic carbocycles. The Kier molecular flexibility index (Phi) is 6.36. The molecule has 8 heteroatoms. The molecule has 3 amide bonds. The predicted molar refractivity (Wildman–Crippen MR) is 136 cm³/mol. The van der Waals surface area contributed by atoms with Gasteiger partial charge in [0.2, 0.25) is 11.8 Å². The summed E-state index contributed by atoms with van der Waals surface area (Å²) in [6, 6.07) is 13.8. The molecule has 3 heterocycles. The van der Waals surface area contributed by atoms with E-state index >= 15 is 0 Å². The van der Waals surface area contributed by atoms with Crippen LogP contribution in [0.15, 0.2) is 42.5 Å². The van der Waals surface area contributed by atoms with Crippen molar-refractivity contribution in [2.24, 2.45) is 0 Å². The predicted octanol–water partition coefficient (Wildman–Crippen LogP) is 3.25. The van der Waals surface area contributed by atoms with Gasteiger partial charge in [0.25, 0.3) is 5.91 Å². The molecule has 0 spiro atoms. The van der Waals surface area contributed by atoms with Crippen LogP contribution in [0.4, 0.5) is 0 Å². The number of imide groups is 1. The van der Waals surface area contributed by atoms with Crippen molar-refractivity contribution in [2.45, 2.75) is 69.2 Å². The van der Waals surface area contributed by atoms with Crippen LogP contribution in [0.1, 0.15) is 65.9 Å². The highest BCUT2D eigenvalue weighted by Crippen LogP contribution is 2.37. The third-order valence-corrected chi connectivity index (χ3v) is 8.39. The van der Waals surface area contributed by atoms with Gasteiger partial charge in [-0.3, -0.25) is 24.6 Å². The molecule has 2 saturated heterocycles. The first kappa shape index (κ1) is 24.0. The number of ether oxygens (including phenoxy) is 2. The van der Waals surface area contributed by atoms with Crippen molar-refractivity contribution in [1.82, 2.24) is 15.1 Å². The summed E-state index contributed by atoms with van der Waals surface area (Å²) in [4.78, 5) is 41.0. The molecule has 194 valence electrons. The van der Waals surface area contributed by atoms with Gasteiger partial charge in [0, 0.05) is 43.6 Å². The van der Waals surface area contributed by atoms with Gasteiger partial charge in [0.05, 0.1) is 7.11 Å². The lowest BCUT2D eigenvalue weighted by molar-refractivity contribution is -0.136. The first-order chi connectivity index (χ1) is 18.0. The van der Waals surface area contributed by atoms with E-state index in [9.17, 15) is 14.4 Å². The maximum atomic E-state index is 13.0. The number of carbonyl (C=O) groups is 3. The summed E-state index contributed by atoms with van der Waals surface area (Å²) in [7, 11) is 1.71. The topological polar surface area (TPSA) is 88.2 Å². The minimum atomic E-state index is -0.603. The zero-order valence-electron chi connectivity index (χ0n) is 21.2. The summed E-state index contributed by atoms with van der Waals surface area (Å²) < 4.78 is 12.0. The van der Waals surface area contributed by atoms with Crippen LogP contribution in [0.2, 0.25) is 0 Å². The molecule has 0 bridgehead atoms. The van der Waals surface area contributed by atoms with Gasteiger partial charge in [-0.05, 0) is 67.1 Å². The van der Waals surface area contributed by atoms with Crippen molar-refractivity contribution in [3.63, 3.8) is 0 Å². The lowest BCUT2D eigenvalue weighted by Crippen LogP contribution is -2.57. The van der Waals surface area contributed by atoms with Crippen LogP contribution in [0.3, 0.4) is 0 Å². The molecule has 1 N–H and O–H groups in total. The van der Waals surface area contributed by atoms with E-state index in [0.29, 0.717) is 30.5 Å². The Bertz CT molecular complexity index is 1220. The van der Waals surface area contributed by atoms with E-state index in [0.717, 1.165) is 49.4 Å². The second-order valence-electron chi connectivity index (χ2n) is 10.7. The SMILES string of the molecule is COc1cccc(C2CN([C@@H]3CCCC[C@@H]3Oc3ccc4c(c3)CN(C3CCC(=O)NC3=O)C4=O)C2)c1. The number of carbonyl (C=O) groups excluding carboxylic acids is 3. The lowest BCUT2D eigenvalue weighted by Gasteiger charge is -2.48. The van der Waals surface area contributed by atoms with Crippen molar-refractivity contribution in [2.75, 3.05) is 20.2 Å². The molecular weight excluding hydrogens is 470 g/mol. The van der Waals surface area contributed by atoms with Crippen molar-refractivity contribution in [1.29, 1.82) is 0 Å². The average molecular weight is 504 g/mol. The molecular formula is C29H33N3O5. The van der Waals surface area contributed by atoms with E-state index in [4.69, 9.17) is 9.47 Å². The summed E-state index contributed by atoms with van der Waals surface area (Å²) in [5.41, 5.74) is 2.82. The fraction of sp³-hybridized carbons (Fsp3) is 0.483. The third-order valence-electron chi connectivity index (χ3n) is 8.39. The number of nitrogens with zero attached hydrogens (tertiary/aromatic N) is 2. The van der Waals surface area contributed by atoms with Gasteiger partial charge in [-0.2, -0.15) is 0 Å². The number of rotatable bonds is 6. The molecule has 4 aliphatic rings. The zero-order chi connectivity index (χ0) is 25.5. The first-order valence-electron chi connectivity index (χ1n) is 13.3. The van der Waals surface area contributed by atoms with E-state index in [-0.39, 0.29) is 30.2 Å². The summed E-state index contributed by atoms with van der Waals surface area (Å²) in [5, 5.41) is 2.36. The molecule has 2 aromatic carbocycles. The van der Waals surface area contributed by atoms with Gasteiger partial charge in [-0.1, -0.05) is 18.6 Å². The van der Waals surface area contributed by atoms with Crippen LogP contribution >= 0.6 is 0 Å². The number of methoxy groups -OCH3 is 1. The largest absolute Gasteiger partial charge is 0.497 e. The van der Waals surface area contributed by atoms with Gasteiger partial charge < -0.3 is 14.4 Å². The number of fused-ring (bicyclic) bond motifs is 1. The highest BCUT2D eigenvalue weighted by molar-refractivity contribution is 6.05. The molecule has 3 atom stereocenters. The standard InChI is InChI=1S/C29H33N3O5/c1-36-21-6-4-5-18(13-21)20-15-31(16-20)24-7-2-3-8-26(24)37-22-9-10-23-19(14-22)17-32(29(23)35)25-11-12-27(33)30-28(25)34/h4-6,9-10,13-14,20,24-26H,2-3,7-8,11-12,15-17H2,1H3,(H,30,33,34)/t24-,25?,26+/m1/s1. The molecule has 0 radical (unpaired) electrons. The number of piperidine rings is 1. The number of amides is 3. The molecule has 37 heavy (non-hydrogen) atoms. The maximum absolute atomic E-state index is 13.0. The Morgan fingerprint density at radius 1 is 0.946 bits per heavy atom. The van der Waals surface area contributed by atoms with E-state index in [1.54, 1.807) is 12.0 Å². The summed E-state index contributed by atoms with van der Waals surface area (Å²) in [5.74, 6) is 1.37. The molecule has 3 aliphatic heterocycles. The summed E-state index contributed by atoms with van der Waals surface area (Å²) >= 11 is 0. The second-order valence-corrected chi connectivity index (χ2v) is 10.7. The minimum Gasteiger partial charge on any atom is -0.497 e. The van der Waals surface area contributed by atoms with Gasteiger partial charge in [-0.15, -0.1) is 0 Å². The number of hydrogen-bond donors (Lipinski definition) is 1. The van der Waals surface area contributed by atoms with Crippen LogP contribution in [0.25, 0.3) is 0 Å². The molecule has 0 aromatic heterocycles. The zero-order valence-corrected chi connectivity index (χ0v) is 21.2. The Morgan fingerprint density at radius 2 is 1.78 bits per heavy atom. The molecule has 6 rings (SSSR count). The smallest absolute Gasteiger partial charge is 0.255 e. The summed E-state index contributed by atoms with van der Waals surface area (Å²) in [6.45, 7) is 2.41. The van der Waals surface area contributed by atoms with Crippen LogP contribution in [-0.2, 0) is 16.1 Å². The normalized spacial score (nSPS) is 26.5. The second kappa shape index (κ2) is 9.82. The Balaban J connectivity index is 1.11. The van der Waals surface area contributed by atoms with Gasteiger partial charge >= 0.3 is 0 Å². The molecule has 1 unspecified atom stereocenters. The van der Waals surface area contributed by atoms with Crippen LogP contribution in [0, 0.1) is 0 Å². The Labute approximate surface area is 216 Å². The van der Waals surface area contributed by atoms with E-state index in [1.807, 2.05) is 24.3 Å². The Hall–Kier alpha value is -3.39. The molecule has 8 nitrogen and oxygen atoms in total. The number of nitrogens with one attached hydrogen (secondary N) is 1. The quantitative estimate of drug-likeness (QED) is 0.609. The number of likely N-dealkylation sites (tertiary alicyclic amines) is 1. The summed E-state index contributed by atoms with van der Waals surface area (Å²) in [6.07, 6.45) is 5.24. The highest BCUT2D eigenvalue weighted by Gasteiger charge is 2.41. The van der Waals surface area contributed by atoms with Gasteiger partial charge in [0.1, 0.15) is 23.6 Å². The fourth-order valence-electron chi connectivity index (χ4n) is 6.32. The monoisotopic (exact) mass is 503 g/mol.